The highest BCUT2D eigenvalue weighted by molar-refractivity contribution is 5.82. The smallest absolute Gasteiger partial charge is 0.276 e. The van der Waals surface area contributed by atoms with Gasteiger partial charge in [-0.3, -0.25) is 4.79 Å². The molecule has 0 amide bonds. The molecule has 0 unspecified atom stereocenters. The second-order valence-electron chi connectivity index (χ2n) is 11.0. The minimum absolute atomic E-state index is 0.0900. The summed E-state index contributed by atoms with van der Waals surface area (Å²) in [7, 11) is 0. The van der Waals surface area contributed by atoms with Crippen molar-refractivity contribution < 1.29 is 4.39 Å². The van der Waals surface area contributed by atoms with E-state index in [1.165, 1.54) is 37.8 Å². The fraction of sp³-hybridized carbons (Fsp3) is 0.393. The number of aromatic nitrogens is 4. The molecule has 4 aromatic rings. The zero-order chi connectivity index (χ0) is 24.7. The molecule has 0 bridgehead atoms. The van der Waals surface area contributed by atoms with Crippen molar-refractivity contribution in [1.29, 1.82) is 0 Å². The van der Waals surface area contributed by atoms with Gasteiger partial charge in [-0.25, -0.2) is 23.7 Å². The molecule has 2 saturated carbocycles. The average molecular weight is 485 g/mol. The molecule has 1 aliphatic heterocycles. The average Bonchev–Trinajstić information content (AvgIpc) is 3.79. The minimum Gasteiger partial charge on any atom is -0.340 e. The first kappa shape index (κ1) is 21.7. The van der Waals surface area contributed by atoms with Crippen LogP contribution in [0.25, 0.3) is 16.7 Å². The number of nitrogens with zero attached hydrogens (tertiary/aromatic N) is 4. The Labute approximate surface area is 208 Å². The van der Waals surface area contributed by atoms with E-state index < -0.39 is 5.67 Å². The molecule has 8 heteroatoms. The Morgan fingerprint density at radius 3 is 2.75 bits per heavy atom. The molecular formula is C28H29FN6O. The highest BCUT2D eigenvalue weighted by atomic mass is 19.1. The topological polar surface area (TPSA) is 76.8 Å². The maximum absolute atomic E-state index is 14.7. The summed E-state index contributed by atoms with van der Waals surface area (Å²) >= 11 is 0. The van der Waals surface area contributed by atoms with Gasteiger partial charge in [0.1, 0.15) is 11.5 Å². The van der Waals surface area contributed by atoms with Crippen LogP contribution in [0, 0.1) is 0 Å². The fourth-order valence-corrected chi connectivity index (χ4v) is 5.55. The molecule has 2 aliphatic carbocycles. The van der Waals surface area contributed by atoms with Gasteiger partial charge in [-0.05, 0) is 74.9 Å². The largest absolute Gasteiger partial charge is 0.340 e. The molecule has 184 valence electrons. The Kier molecular flexibility index (Phi) is 4.52. The van der Waals surface area contributed by atoms with Crippen LogP contribution in [0.1, 0.15) is 62.4 Å². The van der Waals surface area contributed by atoms with E-state index in [1.807, 2.05) is 16.8 Å². The second kappa shape index (κ2) is 7.49. The van der Waals surface area contributed by atoms with E-state index in [4.69, 9.17) is 0 Å². The highest BCUT2D eigenvalue weighted by Crippen LogP contribution is 2.50. The zero-order valence-electron chi connectivity index (χ0n) is 20.5. The number of halogens is 1. The number of anilines is 2. The molecule has 7 rings (SSSR count). The number of rotatable bonds is 5. The zero-order valence-corrected chi connectivity index (χ0v) is 20.5. The molecule has 1 aromatic carbocycles. The Morgan fingerprint density at radius 1 is 1.17 bits per heavy atom. The van der Waals surface area contributed by atoms with Crippen molar-refractivity contribution >= 4 is 22.4 Å². The lowest BCUT2D eigenvalue weighted by Crippen LogP contribution is -2.33. The molecule has 1 spiro atoms. The van der Waals surface area contributed by atoms with E-state index in [0.29, 0.717) is 33.6 Å². The first-order valence-electron chi connectivity index (χ1n) is 12.7. The molecule has 2 N–H and O–H groups in total. The molecule has 0 saturated heterocycles. The predicted molar refractivity (Wildman–Crippen MR) is 138 cm³/mol. The van der Waals surface area contributed by atoms with Crippen molar-refractivity contribution in [2.75, 3.05) is 11.9 Å². The summed E-state index contributed by atoms with van der Waals surface area (Å²) in [5, 5.41) is 7.53. The molecule has 3 aromatic heterocycles. The molecular weight excluding hydrogens is 455 g/mol. The third-order valence-electron chi connectivity index (χ3n) is 7.80. The second-order valence-corrected chi connectivity index (χ2v) is 11.0. The van der Waals surface area contributed by atoms with E-state index in [0.717, 1.165) is 31.6 Å². The van der Waals surface area contributed by atoms with Crippen molar-refractivity contribution in [3.8, 4) is 5.82 Å². The molecule has 7 nitrogen and oxygen atoms in total. The Bertz CT molecular complexity index is 1570. The Hall–Kier alpha value is -3.52. The third-order valence-corrected chi connectivity index (χ3v) is 7.80. The van der Waals surface area contributed by atoms with Crippen LogP contribution < -0.4 is 16.2 Å². The van der Waals surface area contributed by atoms with E-state index in [1.54, 1.807) is 23.0 Å². The SMILES string of the molecule is CC(C)(F)c1cccc(-n2c3cc(Nc4ccc5c(c4)CNCC54CC4)ncc3c(=O)n2C2CC2)n1. The number of hydrogen-bond donors (Lipinski definition) is 2. The number of hydrogen-bond acceptors (Lipinski definition) is 5. The van der Waals surface area contributed by atoms with Crippen LogP contribution in [0.2, 0.25) is 0 Å². The third kappa shape index (κ3) is 3.46. The van der Waals surface area contributed by atoms with Crippen LogP contribution in [0.3, 0.4) is 0 Å². The van der Waals surface area contributed by atoms with Gasteiger partial charge in [0.05, 0.1) is 22.6 Å². The van der Waals surface area contributed by atoms with E-state index in [2.05, 4.69) is 38.8 Å². The summed E-state index contributed by atoms with van der Waals surface area (Å²) < 4.78 is 18.3. The van der Waals surface area contributed by atoms with Gasteiger partial charge in [-0.2, -0.15) is 0 Å². The monoisotopic (exact) mass is 484 g/mol. The predicted octanol–water partition coefficient (Wildman–Crippen LogP) is 5.00. The molecule has 3 aliphatic rings. The fourth-order valence-electron chi connectivity index (χ4n) is 5.55. The van der Waals surface area contributed by atoms with Crippen molar-refractivity contribution in [2.45, 2.75) is 63.2 Å². The minimum atomic E-state index is -1.59. The van der Waals surface area contributed by atoms with Crippen LogP contribution >= 0.6 is 0 Å². The summed E-state index contributed by atoms with van der Waals surface area (Å²) in [6.07, 6.45) is 6.02. The number of benzene rings is 1. The lowest BCUT2D eigenvalue weighted by Gasteiger charge is -2.26. The normalized spacial score (nSPS) is 18.4. The molecule has 0 atom stereocenters. The van der Waals surface area contributed by atoms with Crippen LogP contribution in [-0.2, 0) is 17.6 Å². The van der Waals surface area contributed by atoms with Crippen molar-refractivity contribution in [2.24, 2.45) is 0 Å². The first-order valence-corrected chi connectivity index (χ1v) is 12.7. The summed E-state index contributed by atoms with van der Waals surface area (Å²) in [5.74, 6) is 1.18. The van der Waals surface area contributed by atoms with Gasteiger partial charge in [0.2, 0.25) is 0 Å². The van der Waals surface area contributed by atoms with E-state index in [9.17, 15) is 9.18 Å². The van der Waals surface area contributed by atoms with Crippen LogP contribution in [0.4, 0.5) is 15.9 Å². The van der Waals surface area contributed by atoms with E-state index in [-0.39, 0.29) is 11.6 Å². The molecule has 4 heterocycles. The molecule has 0 radical (unpaired) electrons. The number of alkyl halides is 1. The first-order chi connectivity index (χ1) is 17.3. The lowest BCUT2D eigenvalue weighted by atomic mass is 9.88. The quantitative estimate of drug-likeness (QED) is 0.417. The van der Waals surface area contributed by atoms with Gasteiger partial charge in [0.25, 0.3) is 5.56 Å². The van der Waals surface area contributed by atoms with Crippen molar-refractivity contribution in [3.05, 3.63) is 75.8 Å². The number of fused-ring (bicyclic) bond motifs is 3. The van der Waals surface area contributed by atoms with Gasteiger partial charge in [-0.15, -0.1) is 0 Å². The maximum atomic E-state index is 14.7. The summed E-state index contributed by atoms with van der Waals surface area (Å²) in [6.45, 7) is 4.92. The highest BCUT2D eigenvalue weighted by Gasteiger charge is 2.46. The van der Waals surface area contributed by atoms with Crippen LogP contribution in [0.15, 0.2) is 53.5 Å². The van der Waals surface area contributed by atoms with Crippen LogP contribution in [-0.4, -0.2) is 25.9 Å². The lowest BCUT2D eigenvalue weighted by molar-refractivity contribution is 0.214. The Morgan fingerprint density at radius 2 is 2.00 bits per heavy atom. The number of pyridine rings is 2. The summed E-state index contributed by atoms with van der Waals surface area (Å²) in [4.78, 5) is 22.5. The maximum Gasteiger partial charge on any atom is 0.276 e. The van der Waals surface area contributed by atoms with Crippen LogP contribution in [0.5, 0.6) is 0 Å². The van der Waals surface area contributed by atoms with Gasteiger partial charge in [0, 0.05) is 36.5 Å². The van der Waals surface area contributed by atoms with Gasteiger partial charge in [0.15, 0.2) is 5.82 Å². The van der Waals surface area contributed by atoms with Gasteiger partial charge >= 0.3 is 0 Å². The van der Waals surface area contributed by atoms with Gasteiger partial charge < -0.3 is 10.6 Å². The summed E-state index contributed by atoms with van der Waals surface area (Å²) in [5.41, 5.74) is 3.47. The van der Waals surface area contributed by atoms with E-state index >= 15 is 0 Å². The summed E-state index contributed by atoms with van der Waals surface area (Å²) in [6, 6.07) is 13.9. The Balaban J connectivity index is 1.32. The van der Waals surface area contributed by atoms with Crippen molar-refractivity contribution in [1.82, 2.24) is 24.6 Å². The van der Waals surface area contributed by atoms with Crippen molar-refractivity contribution in [3.63, 3.8) is 0 Å². The van der Waals surface area contributed by atoms with Gasteiger partial charge in [-0.1, -0.05) is 12.1 Å². The number of nitrogens with one attached hydrogen (secondary N) is 2. The molecule has 2 fully saturated rings. The standard InChI is InChI=1S/C28H29FN6O/c1-27(2,29)23-4-3-5-25(33-23)35-22-13-24(31-15-20(22)26(36)34(35)19-7-8-19)32-18-6-9-21-17(12-18)14-30-16-28(21)10-11-28/h3-6,9,12-13,15,19,30H,7-8,10-11,14,16H2,1-2H3,(H,31,32). The molecule has 36 heavy (non-hydrogen) atoms.